The summed E-state index contributed by atoms with van der Waals surface area (Å²) in [5.41, 5.74) is 1.51. The fourth-order valence-electron chi connectivity index (χ4n) is 1.94. The third kappa shape index (κ3) is 2.01. The van der Waals surface area contributed by atoms with E-state index in [9.17, 15) is 4.79 Å². The Kier molecular flexibility index (Phi) is 3.35. The lowest BCUT2D eigenvalue weighted by atomic mass is 10.3. The number of rotatable bonds is 3. The van der Waals surface area contributed by atoms with Crippen LogP contribution in [0.15, 0.2) is 5.03 Å². The van der Waals surface area contributed by atoms with Crippen LogP contribution in [0.5, 0.6) is 0 Å². The van der Waals surface area contributed by atoms with Gasteiger partial charge in [0.2, 0.25) is 0 Å². The van der Waals surface area contributed by atoms with Gasteiger partial charge in [-0.05, 0) is 20.3 Å². The molecule has 1 aromatic rings. The van der Waals surface area contributed by atoms with Gasteiger partial charge in [0.15, 0.2) is 6.29 Å². The maximum Gasteiger partial charge on any atom is 0.154 e. The Balaban J connectivity index is 2.23. The Labute approximate surface area is 99.4 Å². The van der Waals surface area contributed by atoms with Crippen molar-refractivity contribution in [2.75, 3.05) is 6.61 Å². The Morgan fingerprint density at radius 2 is 2.38 bits per heavy atom. The summed E-state index contributed by atoms with van der Waals surface area (Å²) in [6.45, 7) is 4.75. The van der Waals surface area contributed by atoms with Gasteiger partial charge < -0.3 is 4.74 Å². The molecule has 2 unspecified atom stereocenters. The van der Waals surface area contributed by atoms with Crippen LogP contribution >= 0.6 is 11.8 Å². The molecule has 5 heteroatoms. The molecule has 2 rings (SSSR count). The van der Waals surface area contributed by atoms with E-state index in [2.05, 4.69) is 12.0 Å². The lowest BCUT2D eigenvalue weighted by Crippen LogP contribution is -2.14. The average molecular weight is 240 g/mol. The van der Waals surface area contributed by atoms with Crippen LogP contribution in [0.1, 0.15) is 29.4 Å². The molecule has 0 spiro atoms. The molecule has 88 valence electrons. The van der Waals surface area contributed by atoms with E-state index in [-0.39, 0.29) is 6.10 Å². The van der Waals surface area contributed by atoms with E-state index in [0.717, 1.165) is 30.0 Å². The van der Waals surface area contributed by atoms with Crippen molar-refractivity contribution in [1.82, 2.24) is 9.78 Å². The molecule has 0 amide bonds. The topological polar surface area (TPSA) is 44.1 Å². The summed E-state index contributed by atoms with van der Waals surface area (Å²) in [7, 11) is 1.88. The van der Waals surface area contributed by atoms with Crippen molar-refractivity contribution in [3.05, 3.63) is 11.3 Å². The van der Waals surface area contributed by atoms with E-state index in [1.165, 1.54) is 0 Å². The molecular weight excluding hydrogens is 224 g/mol. The predicted molar refractivity (Wildman–Crippen MR) is 63.0 cm³/mol. The van der Waals surface area contributed by atoms with Gasteiger partial charge in [-0.25, -0.2) is 0 Å². The first-order valence-corrected chi connectivity index (χ1v) is 6.28. The van der Waals surface area contributed by atoms with Crippen LogP contribution in [0.4, 0.5) is 0 Å². The first-order valence-electron chi connectivity index (χ1n) is 5.40. The zero-order valence-corrected chi connectivity index (χ0v) is 10.6. The second-order valence-corrected chi connectivity index (χ2v) is 5.29. The number of aromatic nitrogens is 2. The van der Waals surface area contributed by atoms with E-state index in [0.29, 0.717) is 10.8 Å². The van der Waals surface area contributed by atoms with Gasteiger partial charge in [-0.15, -0.1) is 0 Å². The third-order valence-corrected chi connectivity index (χ3v) is 4.53. The molecule has 4 nitrogen and oxygen atoms in total. The minimum Gasteiger partial charge on any atom is -0.377 e. The van der Waals surface area contributed by atoms with E-state index < -0.39 is 0 Å². The van der Waals surface area contributed by atoms with Gasteiger partial charge >= 0.3 is 0 Å². The molecular formula is C11H16N2O2S. The lowest BCUT2D eigenvalue weighted by molar-refractivity contribution is 0.111. The Bertz CT molecular complexity index is 403. The Morgan fingerprint density at radius 1 is 1.62 bits per heavy atom. The van der Waals surface area contributed by atoms with Gasteiger partial charge in [-0.3, -0.25) is 9.48 Å². The van der Waals surface area contributed by atoms with Gasteiger partial charge in [0, 0.05) is 18.9 Å². The second kappa shape index (κ2) is 4.59. The number of carbonyl (C=O) groups is 1. The second-order valence-electron chi connectivity index (χ2n) is 4.07. The summed E-state index contributed by atoms with van der Waals surface area (Å²) in [4.78, 5) is 11.0. The number of thioether (sulfide) groups is 1. The van der Waals surface area contributed by atoms with E-state index in [4.69, 9.17) is 4.74 Å². The molecule has 16 heavy (non-hydrogen) atoms. The molecule has 1 fully saturated rings. The van der Waals surface area contributed by atoms with Crippen LogP contribution in [-0.2, 0) is 11.8 Å². The lowest BCUT2D eigenvalue weighted by Gasteiger charge is -2.13. The molecule has 2 heterocycles. The summed E-state index contributed by atoms with van der Waals surface area (Å²) in [5.74, 6) is 0. The summed E-state index contributed by atoms with van der Waals surface area (Å²) in [5, 5.41) is 5.65. The summed E-state index contributed by atoms with van der Waals surface area (Å²) in [6, 6.07) is 0. The van der Waals surface area contributed by atoms with Gasteiger partial charge in [0.1, 0.15) is 5.03 Å². The number of nitrogens with zero attached hydrogens (tertiary/aromatic N) is 2. The number of carbonyl (C=O) groups excluding carboxylic acids is 1. The Hall–Kier alpha value is -0.810. The van der Waals surface area contributed by atoms with Gasteiger partial charge in [-0.1, -0.05) is 11.8 Å². The van der Waals surface area contributed by atoms with Crippen LogP contribution in [0, 0.1) is 6.92 Å². The fraction of sp³-hybridized carbons (Fsp3) is 0.636. The number of ether oxygens (including phenoxy) is 1. The molecule has 1 aliphatic rings. The van der Waals surface area contributed by atoms with E-state index >= 15 is 0 Å². The SMILES string of the molecule is Cc1nn(C)c(SC2CCOC2C)c1C=O. The number of hydrogen-bond acceptors (Lipinski definition) is 4. The van der Waals surface area contributed by atoms with Crippen molar-refractivity contribution in [2.45, 2.75) is 36.6 Å². The van der Waals surface area contributed by atoms with Crippen molar-refractivity contribution < 1.29 is 9.53 Å². The Morgan fingerprint density at radius 3 is 2.94 bits per heavy atom. The largest absolute Gasteiger partial charge is 0.377 e. The van der Waals surface area contributed by atoms with Crippen LogP contribution in [0.3, 0.4) is 0 Å². The predicted octanol–water partition coefficient (Wildman–Crippen LogP) is 1.81. The van der Waals surface area contributed by atoms with Crippen LogP contribution in [0.25, 0.3) is 0 Å². The molecule has 0 aromatic carbocycles. The summed E-state index contributed by atoms with van der Waals surface area (Å²) >= 11 is 1.70. The first-order chi connectivity index (χ1) is 7.63. The van der Waals surface area contributed by atoms with Gasteiger partial charge in [-0.2, -0.15) is 5.10 Å². The minimum absolute atomic E-state index is 0.250. The number of aldehydes is 1. The average Bonchev–Trinajstić information content (AvgIpc) is 2.74. The van der Waals surface area contributed by atoms with Crippen LogP contribution in [-0.4, -0.2) is 34.0 Å². The molecule has 2 atom stereocenters. The van der Waals surface area contributed by atoms with Crippen molar-refractivity contribution in [1.29, 1.82) is 0 Å². The zero-order chi connectivity index (χ0) is 11.7. The van der Waals surface area contributed by atoms with E-state index in [1.807, 2.05) is 14.0 Å². The maximum atomic E-state index is 11.0. The van der Waals surface area contributed by atoms with Crippen molar-refractivity contribution >= 4 is 18.0 Å². The number of aryl methyl sites for hydroxylation is 2. The van der Waals surface area contributed by atoms with Crippen molar-refractivity contribution in [3.8, 4) is 0 Å². The van der Waals surface area contributed by atoms with Crippen LogP contribution < -0.4 is 0 Å². The first kappa shape index (κ1) is 11.7. The molecule has 1 aliphatic heterocycles. The quantitative estimate of drug-likeness (QED) is 0.756. The zero-order valence-electron chi connectivity index (χ0n) is 9.77. The maximum absolute atomic E-state index is 11.0. The molecule has 0 radical (unpaired) electrons. The molecule has 1 saturated heterocycles. The highest BCUT2D eigenvalue weighted by molar-refractivity contribution is 8.00. The molecule has 0 saturated carbocycles. The standard InChI is InChI=1S/C11H16N2O2S/c1-7-9(6-14)11(13(3)12-7)16-10-4-5-15-8(10)2/h6,8,10H,4-5H2,1-3H3. The minimum atomic E-state index is 0.250. The van der Waals surface area contributed by atoms with Crippen LogP contribution in [0.2, 0.25) is 0 Å². The molecule has 0 bridgehead atoms. The fourth-order valence-corrected chi connectivity index (χ4v) is 3.23. The highest BCUT2D eigenvalue weighted by atomic mass is 32.2. The highest BCUT2D eigenvalue weighted by Gasteiger charge is 2.27. The van der Waals surface area contributed by atoms with Gasteiger partial charge in [0.25, 0.3) is 0 Å². The van der Waals surface area contributed by atoms with Crippen molar-refractivity contribution in [2.24, 2.45) is 7.05 Å². The van der Waals surface area contributed by atoms with Gasteiger partial charge in [0.05, 0.1) is 17.4 Å². The van der Waals surface area contributed by atoms with Crippen molar-refractivity contribution in [3.63, 3.8) is 0 Å². The molecule has 0 aliphatic carbocycles. The summed E-state index contributed by atoms with van der Waals surface area (Å²) in [6.07, 6.45) is 2.18. The highest BCUT2D eigenvalue weighted by Crippen LogP contribution is 2.34. The smallest absolute Gasteiger partial charge is 0.154 e. The normalized spacial score (nSPS) is 24.9. The molecule has 0 N–H and O–H groups in total. The molecule has 1 aromatic heterocycles. The third-order valence-electron chi connectivity index (χ3n) is 2.90. The number of hydrogen-bond donors (Lipinski definition) is 0. The monoisotopic (exact) mass is 240 g/mol. The van der Waals surface area contributed by atoms with E-state index in [1.54, 1.807) is 16.4 Å². The summed E-state index contributed by atoms with van der Waals surface area (Å²) < 4.78 is 7.31.